The van der Waals surface area contributed by atoms with Gasteiger partial charge in [0, 0.05) is 22.3 Å². The zero-order chi connectivity index (χ0) is 14.8. The fraction of sp³-hybridized carbons (Fsp3) is 0. The van der Waals surface area contributed by atoms with Gasteiger partial charge in [0.2, 0.25) is 0 Å². The molecule has 0 aliphatic heterocycles. The van der Waals surface area contributed by atoms with Crippen molar-refractivity contribution in [3.05, 3.63) is 58.7 Å². The van der Waals surface area contributed by atoms with Crippen LogP contribution in [0.15, 0.2) is 47.8 Å². The molecule has 0 aliphatic carbocycles. The quantitative estimate of drug-likeness (QED) is 0.673. The van der Waals surface area contributed by atoms with Crippen LogP contribution in [0.25, 0.3) is 11.3 Å². The summed E-state index contributed by atoms with van der Waals surface area (Å²) in [5.74, 6) is -0.441. The maximum atomic E-state index is 13.1. The molecule has 1 heterocycles. The van der Waals surface area contributed by atoms with Crippen molar-refractivity contribution in [3.63, 3.8) is 0 Å². The molecule has 3 aromatic rings. The number of benzene rings is 2. The van der Waals surface area contributed by atoms with Crippen LogP contribution in [0, 0.1) is 5.82 Å². The first-order valence-electron chi connectivity index (χ1n) is 6.15. The number of rotatable bonds is 3. The van der Waals surface area contributed by atoms with Crippen molar-refractivity contribution in [2.45, 2.75) is 0 Å². The summed E-state index contributed by atoms with van der Waals surface area (Å²) in [5, 5.41) is 5.84. The number of nitrogens with two attached hydrogens (primary N) is 1. The molecule has 6 heteroatoms. The Labute approximate surface area is 130 Å². The number of aromatic nitrogens is 1. The molecular weight excluding hydrogens is 309 g/mol. The zero-order valence-electron chi connectivity index (χ0n) is 10.8. The summed E-state index contributed by atoms with van der Waals surface area (Å²) in [4.78, 5) is 4.49. The molecule has 0 fully saturated rings. The Morgan fingerprint density at radius 2 is 1.90 bits per heavy atom. The van der Waals surface area contributed by atoms with Crippen LogP contribution in [0.1, 0.15) is 0 Å². The predicted octanol–water partition coefficient (Wildman–Crippen LogP) is 4.93. The number of thiazole rings is 1. The lowest BCUT2D eigenvalue weighted by Gasteiger charge is -2.03. The van der Waals surface area contributed by atoms with E-state index in [9.17, 15) is 4.39 Å². The van der Waals surface area contributed by atoms with E-state index < -0.39 is 5.82 Å². The molecule has 21 heavy (non-hydrogen) atoms. The Morgan fingerprint density at radius 3 is 2.62 bits per heavy atom. The van der Waals surface area contributed by atoms with E-state index in [1.54, 1.807) is 6.07 Å². The Hall–Kier alpha value is -2.11. The molecule has 0 unspecified atom stereocenters. The second-order valence-corrected chi connectivity index (χ2v) is 5.68. The molecule has 3 nitrogen and oxygen atoms in total. The third kappa shape index (κ3) is 3.15. The topological polar surface area (TPSA) is 50.9 Å². The van der Waals surface area contributed by atoms with Crippen molar-refractivity contribution >= 4 is 39.4 Å². The minimum atomic E-state index is -0.441. The van der Waals surface area contributed by atoms with Crippen LogP contribution >= 0.6 is 22.9 Å². The van der Waals surface area contributed by atoms with Crippen LogP contribution in [0.4, 0.5) is 20.9 Å². The molecule has 0 saturated heterocycles. The first-order valence-corrected chi connectivity index (χ1v) is 7.41. The second-order valence-electron chi connectivity index (χ2n) is 4.41. The fourth-order valence-electron chi connectivity index (χ4n) is 1.81. The lowest BCUT2D eigenvalue weighted by molar-refractivity contribution is 0.628. The monoisotopic (exact) mass is 319 g/mol. The van der Waals surface area contributed by atoms with Crippen LogP contribution in [0.3, 0.4) is 0 Å². The van der Waals surface area contributed by atoms with Crippen molar-refractivity contribution < 1.29 is 4.39 Å². The number of hydrogen-bond donors (Lipinski definition) is 2. The highest BCUT2D eigenvalue weighted by atomic mass is 35.5. The van der Waals surface area contributed by atoms with Gasteiger partial charge in [0.25, 0.3) is 0 Å². The Bertz CT molecular complexity index is 771. The van der Waals surface area contributed by atoms with E-state index in [0.717, 1.165) is 11.3 Å². The molecule has 3 N–H and O–H groups in total. The second kappa shape index (κ2) is 5.71. The normalized spacial score (nSPS) is 10.6. The molecule has 0 spiro atoms. The molecule has 0 amide bonds. The first kappa shape index (κ1) is 13.9. The van der Waals surface area contributed by atoms with Gasteiger partial charge >= 0.3 is 0 Å². The molecule has 0 saturated carbocycles. The standard InChI is InChI=1S/C15H11ClFN3S/c16-12-7-11(5-6-13(12)17)19-15-20-14(8-21-15)9-1-3-10(18)4-2-9/h1-8H,18H2,(H,19,20). The summed E-state index contributed by atoms with van der Waals surface area (Å²) in [6.45, 7) is 0. The van der Waals surface area contributed by atoms with Gasteiger partial charge in [-0.3, -0.25) is 0 Å². The van der Waals surface area contributed by atoms with E-state index in [2.05, 4.69) is 10.3 Å². The van der Waals surface area contributed by atoms with Gasteiger partial charge in [-0.25, -0.2) is 9.37 Å². The summed E-state index contributed by atoms with van der Waals surface area (Å²) in [5.41, 5.74) is 8.92. The van der Waals surface area contributed by atoms with Crippen LogP contribution in [0.2, 0.25) is 5.02 Å². The first-order chi connectivity index (χ1) is 10.1. The maximum Gasteiger partial charge on any atom is 0.187 e. The van der Waals surface area contributed by atoms with E-state index in [4.69, 9.17) is 17.3 Å². The van der Waals surface area contributed by atoms with E-state index in [1.165, 1.54) is 23.5 Å². The molecule has 0 atom stereocenters. The summed E-state index contributed by atoms with van der Waals surface area (Å²) >= 11 is 7.22. The van der Waals surface area contributed by atoms with Crippen LogP contribution in [0.5, 0.6) is 0 Å². The molecular formula is C15H11ClFN3S. The third-order valence-corrected chi connectivity index (χ3v) is 3.93. The van der Waals surface area contributed by atoms with Crippen molar-refractivity contribution in [2.24, 2.45) is 0 Å². The smallest absolute Gasteiger partial charge is 0.187 e. The average molecular weight is 320 g/mol. The molecule has 0 aliphatic rings. The predicted molar refractivity (Wildman–Crippen MR) is 86.7 cm³/mol. The number of nitrogens with zero attached hydrogens (tertiary/aromatic N) is 1. The summed E-state index contributed by atoms with van der Waals surface area (Å²) in [6.07, 6.45) is 0. The fourth-order valence-corrected chi connectivity index (χ4v) is 2.74. The largest absolute Gasteiger partial charge is 0.399 e. The van der Waals surface area contributed by atoms with E-state index in [-0.39, 0.29) is 5.02 Å². The van der Waals surface area contributed by atoms with E-state index in [0.29, 0.717) is 16.5 Å². The van der Waals surface area contributed by atoms with Gasteiger partial charge in [-0.15, -0.1) is 11.3 Å². The molecule has 0 radical (unpaired) electrons. The van der Waals surface area contributed by atoms with Crippen molar-refractivity contribution in [2.75, 3.05) is 11.1 Å². The summed E-state index contributed by atoms with van der Waals surface area (Å²) < 4.78 is 13.1. The molecule has 3 rings (SSSR count). The molecule has 2 aromatic carbocycles. The lowest BCUT2D eigenvalue weighted by Crippen LogP contribution is -1.90. The number of halogens is 2. The van der Waals surface area contributed by atoms with Crippen molar-refractivity contribution in [1.29, 1.82) is 0 Å². The Balaban J connectivity index is 1.81. The lowest BCUT2D eigenvalue weighted by atomic mass is 10.1. The molecule has 0 bridgehead atoms. The minimum Gasteiger partial charge on any atom is -0.399 e. The number of nitrogens with one attached hydrogen (secondary N) is 1. The van der Waals surface area contributed by atoms with Crippen LogP contribution in [-0.4, -0.2) is 4.98 Å². The molecule has 1 aromatic heterocycles. The minimum absolute atomic E-state index is 0.0790. The molecule has 106 valence electrons. The van der Waals surface area contributed by atoms with Gasteiger partial charge in [-0.1, -0.05) is 23.7 Å². The number of anilines is 3. The third-order valence-electron chi connectivity index (χ3n) is 2.88. The van der Waals surface area contributed by atoms with Gasteiger partial charge < -0.3 is 11.1 Å². The summed E-state index contributed by atoms with van der Waals surface area (Å²) in [6, 6.07) is 12.0. The number of nitrogen functional groups attached to an aromatic ring is 1. The SMILES string of the molecule is Nc1ccc(-c2csc(Nc3ccc(F)c(Cl)c3)n2)cc1. The van der Waals surface area contributed by atoms with Crippen molar-refractivity contribution in [1.82, 2.24) is 4.98 Å². The highest BCUT2D eigenvalue weighted by Gasteiger charge is 2.06. The van der Waals surface area contributed by atoms with Gasteiger partial charge in [0.1, 0.15) is 5.82 Å². The van der Waals surface area contributed by atoms with Crippen molar-refractivity contribution in [3.8, 4) is 11.3 Å². The van der Waals surface area contributed by atoms with Gasteiger partial charge in [0.15, 0.2) is 5.13 Å². The van der Waals surface area contributed by atoms with Gasteiger partial charge in [-0.2, -0.15) is 0 Å². The highest BCUT2D eigenvalue weighted by molar-refractivity contribution is 7.14. The maximum absolute atomic E-state index is 13.1. The van der Waals surface area contributed by atoms with E-state index in [1.807, 2.05) is 29.6 Å². The Kier molecular flexibility index (Phi) is 3.77. The van der Waals surface area contributed by atoms with Crippen LogP contribution < -0.4 is 11.1 Å². The van der Waals surface area contributed by atoms with E-state index >= 15 is 0 Å². The van der Waals surface area contributed by atoms with Crippen LogP contribution in [-0.2, 0) is 0 Å². The average Bonchev–Trinajstić information content (AvgIpc) is 2.92. The Morgan fingerprint density at radius 1 is 1.14 bits per heavy atom. The number of hydrogen-bond acceptors (Lipinski definition) is 4. The highest BCUT2D eigenvalue weighted by Crippen LogP contribution is 2.28. The summed E-state index contributed by atoms with van der Waals surface area (Å²) in [7, 11) is 0. The van der Waals surface area contributed by atoms with Gasteiger partial charge in [-0.05, 0) is 30.3 Å². The van der Waals surface area contributed by atoms with Gasteiger partial charge in [0.05, 0.1) is 10.7 Å². The zero-order valence-corrected chi connectivity index (χ0v) is 12.4.